The van der Waals surface area contributed by atoms with Crippen LogP contribution in [0.25, 0.3) is 22.1 Å². The van der Waals surface area contributed by atoms with Crippen LogP contribution in [0.15, 0.2) is 57.7 Å². The van der Waals surface area contributed by atoms with Crippen molar-refractivity contribution in [3.63, 3.8) is 0 Å². The van der Waals surface area contributed by atoms with Gasteiger partial charge in [-0.15, -0.1) is 0 Å². The molecule has 0 atom stereocenters. The van der Waals surface area contributed by atoms with Gasteiger partial charge in [0, 0.05) is 13.0 Å². The highest BCUT2D eigenvalue weighted by atomic mass is 16.4. The second-order valence-corrected chi connectivity index (χ2v) is 5.29. The molecule has 0 bridgehead atoms. The summed E-state index contributed by atoms with van der Waals surface area (Å²) in [6, 6.07) is 15.5. The van der Waals surface area contributed by atoms with E-state index in [1.165, 1.54) is 0 Å². The molecule has 2 aromatic heterocycles. The molecule has 0 fully saturated rings. The van der Waals surface area contributed by atoms with Gasteiger partial charge in [0.1, 0.15) is 5.82 Å². The molecule has 0 saturated heterocycles. The van der Waals surface area contributed by atoms with Crippen molar-refractivity contribution in [1.82, 2.24) is 14.5 Å². The average Bonchev–Trinajstić information content (AvgIpc) is 3.08. The average molecular weight is 293 g/mol. The Morgan fingerprint density at radius 1 is 1.09 bits per heavy atom. The molecule has 0 aliphatic rings. The van der Waals surface area contributed by atoms with E-state index in [-0.39, 0.29) is 5.76 Å². The van der Waals surface area contributed by atoms with E-state index in [2.05, 4.69) is 9.97 Å². The molecule has 0 unspecified atom stereocenters. The molecular weight excluding hydrogens is 278 g/mol. The Balaban J connectivity index is 1.52. The SMILES string of the molecule is O=c1oc2ccccc2n1CCCc1nc2ccccc2[nH]1. The number of fused-ring (bicyclic) bond motifs is 2. The minimum Gasteiger partial charge on any atom is -0.408 e. The predicted molar refractivity (Wildman–Crippen MR) is 84.9 cm³/mol. The van der Waals surface area contributed by atoms with Crippen LogP contribution in [0.3, 0.4) is 0 Å². The lowest BCUT2D eigenvalue weighted by Crippen LogP contribution is -2.14. The van der Waals surface area contributed by atoms with Gasteiger partial charge in [-0.2, -0.15) is 0 Å². The van der Waals surface area contributed by atoms with Crippen LogP contribution in [0.4, 0.5) is 0 Å². The normalized spacial score (nSPS) is 11.5. The van der Waals surface area contributed by atoms with Gasteiger partial charge in [-0.25, -0.2) is 9.78 Å². The molecule has 0 amide bonds. The fourth-order valence-corrected chi connectivity index (χ4v) is 2.75. The molecule has 2 aromatic carbocycles. The van der Waals surface area contributed by atoms with Gasteiger partial charge in [-0.1, -0.05) is 24.3 Å². The first kappa shape index (κ1) is 12.9. The summed E-state index contributed by atoms with van der Waals surface area (Å²) in [4.78, 5) is 19.8. The highest BCUT2D eigenvalue weighted by molar-refractivity contribution is 5.74. The fourth-order valence-electron chi connectivity index (χ4n) is 2.75. The second kappa shape index (κ2) is 5.18. The lowest BCUT2D eigenvalue weighted by Gasteiger charge is -2.00. The van der Waals surface area contributed by atoms with Gasteiger partial charge in [0.2, 0.25) is 0 Å². The predicted octanol–water partition coefficient (Wildman–Crippen LogP) is 3.10. The number of benzene rings is 2. The van der Waals surface area contributed by atoms with Crippen LogP contribution in [0.2, 0.25) is 0 Å². The highest BCUT2D eigenvalue weighted by Gasteiger charge is 2.08. The molecule has 1 N–H and O–H groups in total. The van der Waals surface area contributed by atoms with Gasteiger partial charge >= 0.3 is 5.76 Å². The maximum absolute atomic E-state index is 11.9. The number of nitrogens with zero attached hydrogens (tertiary/aromatic N) is 2. The van der Waals surface area contributed by atoms with Crippen molar-refractivity contribution in [2.24, 2.45) is 0 Å². The molecule has 110 valence electrons. The number of aromatic nitrogens is 3. The Morgan fingerprint density at radius 3 is 2.82 bits per heavy atom. The third-order valence-corrected chi connectivity index (χ3v) is 3.81. The smallest absolute Gasteiger partial charge is 0.408 e. The van der Waals surface area contributed by atoms with E-state index in [0.29, 0.717) is 12.1 Å². The Labute approximate surface area is 126 Å². The van der Waals surface area contributed by atoms with Crippen LogP contribution < -0.4 is 5.76 Å². The van der Waals surface area contributed by atoms with Gasteiger partial charge in [0.25, 0.3) is 0 Å². The van der Waals surface area contributed by atoms with Gasteiger partial charge in [0.05, 0.1) is 16.6 Å². The van der Waals surface area contributed by atoms with Gasteiger partial charge in [0.15, 0.2) is 5.58 Å². The number of aromatic amines is 1. The van der Waals surface area contributed by atoms with Crippen molar-refractivity contribution in [3.05, 3.63) is 64.9 Å². The van der Waals surface area contributed by atoms with E-state index in [1.54, 1.807) is 4.57 Å². The summed E-state index contributed by atoms with van der Waals surface area (Å²) in [5.74, 6) is 0.646. The fraction of sp³-hybridized carbons (Fsp3) is 0.176. The van der Waals surface area contributed by atoms with Gasteiger partial charge in [-0.3, -0.25) is 4.57 Å². The van der Waals surface area contributed by atoms with Crippen LogP contribution in [0.5, 0.6) is 0 Å². The molecule has 0 aliphatic heterocycles. The summed E-state index contributed by atoms with van der Waals surface area (Å²) in [7, 11) is 0. The van der Waals surface area contributed by atoms with Gasteiger partial charge < -0.3 is 9.40 Å². The van der Waals surface area contributed by atoms with E-state index in [9.17, 15) is 4.79 Å². The molecule has 0 spiro atoms. The summed E-state index contributed by atoms with van der Waals surface area (Å²) < 4.78 is 6.91. The summed E-state index contributed by atoms with van der Waals surface area (Å²) in [5, 5.41) is 0. The number of rotatable bonds is 4. The Hall–Kier alpha value is -2.82. The third-order valence-electron chi connectivity index (χ3n) is 3.81. The maximum Gasteiger partial charge on any atom is 0.419 e. The first-order valence-corrected chi connectivity index (χ1v) is 7.33. The number of aryl methyl sites for hydroxylation is 2. The number of oxazole rings is 1. The summed E-state index contributed by atoms with van der Waals surface area (Å²) >= 11 is 0. The third kappa shape index (κ3) is 2.20. The number of H-pyrrole nitrogens is 1. The zero-order valence-electron chi connectivity index (χ0n) is 12.0. The van der Waals surface area contributed by atoms with Crippen LogP contribution in [0.1, 0.15) is 12.2 Å². The number of hydrogen-bond acceptors (Lipinski definition) is 3. The monoisotopic (exact) mass is 293 g/mol. The largest absolute Gasteiger partial charge is 0.419 e. The van der Waals surface area contributed by atoms with Crippen molar-refractivity contribution >= 4 is 22.1 Å². The molecule has 0 aliphatic carbocycles. The standard InChI is InChI=1S/C17H15N3O2/c21-17-20(14-8-3-4-9-15(14)22-17)11-5-10-16-18-12-6-1-2-7-13(12)19-16/h1-4,6-9H,5,10-11H2,(H,18,19). The van der Waals surface area contributed by atoms with Crippen LogP contribution in [-0.2, 0) is 13.0 Å². The second-order valence-electron chi connectivity index (χ2n) is 5.29. The quantitative estimate of drug-likeness (QED) is 0.629. The zero-order valence-corrected chi connectivity index (χ0v) is 12.0. The maximum atomic E-state index is 11.9. The molecule has 4 aromatic rings. The molecule has 5 heteroatoms. The molecule has 2 heterocycles. The van der Waals surface area contributed by atoms with Crippen LogP contribution in [0, 0.1) is 0 Å². The minimum atomic E-state index is -0.300. The van der Waals surface area contributed by atoms with Crippen molar-refractivity contribution < 1.29 is 4.42 Å². The Bertz CT molecular complexity index is 961. The van der Waals surface area contributed by atoms with Crippen molar-refractivity contribution in [2.45, 2.75) is 19.4 Å². The van der Waals surface area contributed by atoms with Crippen molar-refractivity contribution in [2.75, 3.05) is 0 Å². The van der Waals surface area contributed by atoms with E-state index >= 15 is 0 Å². The van der Waals surface area contributed by atoms with E-state index in [4.69, 9.17) is 4.42 Å². The number of hydrogen-bond donors (Lipinski definition) is 1. The van der Waals surface area contributed by atoms with Gasteiger partial charge in [-0.05, 0) is 30.7 Å². The lowest BCUT2D eigenvalue weighted by atomic mass is 10.3. The van der Waals surface area contributed by atoms with Crippen molar-refractivity contribution in [1.29, 1.82) is 0 Å². The van der Waals surface area contributed by atoms with Crippen LogP contribution in [-0.4, -0.2) is 14.5 Å². The Kier molecular flexibility index (Phi) is 3.04. The molecule has 0 radical (unpaired) electrons. The number of nitrogens with one attached hydrogen (secondary N) is 1. The molecule has 5 nitrogen and oxygen atoms in total. The first-order chi connectivity index (χ1) is 10.8. The molecular formula is C17H15N3O2. The number of imidazole rings is 1. The van der Waals surface area contributed by atoms with E-state index in [0.717, 1.165) is 35.2 Å². The highest BCUT2D eigenvalue weighted by Crippen LogP contribution is 2.14. The van der Waals surface area contributed by atoms with Crippen molar-refractivity contribution in [3.8, 4) is 0 Å². The van der Waals surface area contributed by atoms with E-state index < -0.39 is 0 Å². The topological polar surface area (TPSA) is 63.8 Å². The summed E-state index contributed by atoms with van der Waals surface area (Å²) in [5.41, 5.74) is 3.50. The van der Waals surface area contributed by atoms with Crippen LogP contribution >= 0.6 is 0 Å². The lowest BCUT2D eigenvalue weighted by molar-refractivity contribution is 0.496. The minimum absolute atomic E-state index is 0.300. The summed E-state index contributed by atoms with van der Waals surface area (Å²) in [6.45, 7) is 0.618. The molecule has 4 rings (SSSR count). The molecule has 22 heavy (non-hydrogen) atoms. The first-order valence-electron chi connectivity index (χ1n) is 7.33. The Morgan fingerprint density at radius 2 is 1.91 bits per heavy atom. The van der Waals surface area contributed by atoms with E-state index in [1.807, 2.05) is 48.5 Å². The summed E-state index contributed by atoms with van der Waals surface area (Å²) in [6.07, 6.45) is 1.61. The number of para-hydroxylation sites is 4. The molecule has 0 saturated carbocycles. The zero-order chi connectivity index (χ0) is 14.9.